The maximum absolute atomic E-state index is 12.1. The van der Waals surface area contributed by atoms with Gasteiger partial charge < -0.3 is 10.3 Å². The molecule has 0 aliphatic heterocycles. The molecule has 0 radical (unpaired) electrons. The summed E-state index contributed by atoms with van der Waals surface area (Å²) >= 11 is 0. The van der Waals surface area contributed by atoms with Crippen molar-refractivity contribution in [1.29, 1.82) is 0 Å². The summed E-state index contributed by atoms with van der Waals surface area (Å²) in [6, 6.07) is 15.2. The van der Waals surface area contributed by atoms with Crippen molar-refractivity contribution in [3.05, 3.63) is 76.5 Å². The number of benzene rings is 2. The lowest BCUT2D eigenvalue weighted by Gasteiger charge is -2.07. The van der Waals surface area contributed by atoms with Gasteiger partial charge >= 0.3 is 0 Å². The normalized spacial score (nSPS) is 10.8. The Morgan fingerprint density at radius 2 is 1.85 bits per heavy atom. The van der Waals surface area contributed by atoms with Gasteiger partial charge in [0, 0.05) is 5.56 Å². The molecule has 2 N–H and O–H groups in total. The maximum Gasteiger partial charge on any atom is 0.258 e. The molecule has 7 heteroatoms. The fraction of sp³-hybridized carbons (Fsp3) is 0.105. The first kappa shape index (κ1) is 15.9. The summed E-state index contributed by atoms with van der Waals surface area (Å²) < 4.78 is 0. The van der Waals surface area contributed by atoms with E-state index >= 15 is 0 Å². The van der Waals surface area contributed by atoms with Crippen LogP contribution in [0.5, 0.6) is 0 Å². The van der Waals surface area contributed by atoms with Crippen molar-refractivity contribution in [1.82, 2.24) is 25.1 Å². The molecule has 0 amide bonds. The van der Waals surface area contributed by atoms with Gasteiger partial charge in [-0.15, -0.1) is 5.10 Å². The van der Waals surface area contributed by atoms with E-state index in [9.17, 15) is 4.79 Å². The lowest BCUT2D eigenvalue weighted by molar-refractivity contribution is 0.903. The maximum atomic E-state index is 12.1. The van der Waals surface area contributed by atoms with Gasteiger partial charge in [0.05, 0.1) is 29.3 Å². The van der Waals surface area contributed by atoms with E-state index in [0.29, 0.717) is 29.2 Å². The molecule has 0 aliphatic carbocycles. The van der Waals surface area contributed by atoms with E-state index in [2.05, 4.69) is 30.5 Å². The van der Waals surface area contributed by atoms with E-state index in [1.807, 2.05) is 49.4 Å². The summed E-state index contributed by atoms with van der Waals surface area (Å²) in [5, 5.41) is 11.6. The standard InChI is InChI=1S/C19H16N6O/c1-12-6-2-3-7-13(12)16-10-21-25-19(23-16)20-11-17-22-15-9-5-4-8-14(15)18(26)24-17/h2-10H,11H2,1H3,(H,20,23,25)(H,22,24,26). The number of rotatable bonds is 4. The van der Waals surface area contributed by atoms with Crippen molar-refractivity contribution < 1.29 is 0 Å². The average Bonchev–Trinajstić information content (AvgIpc) is 2.67. The zero-order valence-corrected chi connectivity index (χ0v) is 14.1. The number of aromatic amines is 1. The Morgan fingerprint density at radius 3 is 2.73 bits per heavy atom. The van der Waals surface area contributed by atoms with Gasteiger partial charge in [-0.2, -0.15) is 5.10 Å². The minimum absolute atomic E-state index is 0.167. The van der Waals surface area contributed by atoms with Crippen LogP contribution >= 0.6 is 0 Å². The summed E-state index contributed by atoms with van der Waals surface area (Å²) in [5.74, 6) is 0.889. The molecule has 26 heavy (non-hydrogen) atoms. The first-order valence-corrected chi connectivity index (χ1v) is 8.18. The van der Waals surface area contributed by atoms with Gasteiger partial charge in [-0.3, -0.25) is 4.79 Å². The molecule has 0 aliphatic rings. The monoisotopic (exact) mass is 344 g/mol. The van der Waals surface area contributed by atoms with Crippen molar-refractivity contribution in [3.8, 4) is 11.3 Å². The average molecular weight is 344 g/mol. The number of nitrogens with one attached hydrogen (secondary N) is 2. The van der Waals surface area contributed by atoms with Crippen LogP contribution in [0.1, 0.15) is 11.4 Å². The number of nitrogens with zero attached hydrogens (tertiary/aromatic N) is 4. The SMILES string of the molecule is Cc1ccccc1-c1cnnc(NCc2nc3ccccc3c(=O)[nH]2)n1. The van der Waals surface area contributed by atoms with Crippen molar-refractivity contribution in [3.63, 3.8) is 0 Å². The number of anilines is 1. The van der Waals surface area contributed by atoms with Crippen LogP contribution in [0.25, 0.3) is 22.2 Å². The molecular formula is C19H16N6O. The van der Waals surface area contributed by atoms with Gasteiger partial charge in [0.15, 0.2) is 0 Å². The van der Waals surface area contributed by atoms with Crippen LogP contribution < -0.4 is 10.9 Å². The van der Waals surface area contributed by atoms with Gasteiger partial charge in [0.1, 0.15) is 5.82 Å². The Balaban J connectivity index is 1.58. The molecule has 0 saturated carbocycles. The number of hydrogen-bond donors (Lipinski definition) is 2. The Hall–Kier alpha value is -3.61. The molecule has 0 bridgehead atoms. The highest BCUT2D eigenvalue weighted by Crippen LogP contribution is 2.20. The highest BCUT2D eigenvalue weighted by atomic mass is 16.1. The lowest BCUT2D eigenvalue weighted by atomic mass is 10.1. The number of aryl methyl sites for hydroxylation is 1. The minimum Gasteiger partial charge on any atom is -0.346 e. The molecule has 4 rings (SSSR count). The lowest BCUT2D eigenvalue weighted by Crippen LogP contribution is -2.15. The molecule has 4 aromatic rings. The van der Waals surface area contributed by atoms with Crippen molar-refractivity contribution >= 4 is 16.9 Å². The topological polar surface area (TPSA) is 96.5 Å². The fourth-order valence-corrected chi connectivity index (χ4v) is 2.75. The second-order valence-corrected chi connectivity index (χ2v) is 5.86. The summed E-state index contributed by atoms with van der Waals surface area (Å²) in [6.07, 6.45) is 1.63. The largest absolute Gasteiger partial charge is 0.346 e. The summed E-state index contributed by atoms with van der Waals surface area (Å²) in [6.45, 7) is 2.31. The Bertz CT molecular complexity index is 1140. The quantitative estimate of drug-likeness (QED) is 0.591. The summed E-state index contributed by atoms with van der Waals surface area (Å²) in [5.41, 5.74) is 3.34. The van der Waals surface area contributed by atoms with Crippen LogP contribution in [-0.2, 0) is 6.54 Å². The number of hydrogen-bond acceptors (Lipinski definition) is 6. The third-order valence-corrected chi connectivity index (χ3v) is 4.06. The second kappa shape index (κ2) is 6.72. The molecule has 7 nitrogen and oxygen atoms in total. The Labute approximate surface area is 149 Å². The van der Waals surface area contributed by atoms with E-state index in [-0.39, 0.29) is 5.56 Å². The van der Waals surface area contributed by atoms with E-state index in [1.165, 1.54) is 0 Å². The first-order chi connectivity index (χ1) is 12.7. The number of para-hydroxylation sites is 1. The van der Waals surface area contributed by atoms with Crippen LogP contribution in [0, 0.1) is 6.92 Å². The first-order valence-electron chi connectivity index (χ1n) is 8.18. The van der Waals surface area contributed by atoms with E-state index < -0.39 is 0 Å². The van der Waals surface area contributed by atoms with Crippen LogP contribution in [0.3, 0.4) is 0 Å². The second-order valence-electron chi connectivity index (χ2n) is 5.86. The molecule has 0 saturated heterocycles. The predicted octanol–water partition coefficient (Wildman–Crippen LogP) is 2.70. The Kier molecular flexibility index (Phi) is 4.10. The molecular weight excluding hydrogens is 328 g/mol. The zero-order chi connectivity index (χ0) is 17.9. The van der Waals surface area contributed by atoms with Gasteiger partial charge in [-0.1, -0.05) is 36.4 Å². The van der Waals surface area contributed by atoms with Gasteiger partial charge in [-0.25, -0.2) is 9.97 Å². The van der Waals surface area contributed by atoms with Crippen LogP contribution in [-0.4, -0.2) is 25.1 Å². The molecule has 128 valence electrons. The summed E-state index contributed by atoms with van der Waals surface area (Å²) in [4.78, 5) is 23.8. The van der Waals surface area contributed by atoms with E-state index in [4.69, 9.17) is 0 Å². The number of fused-ring (bicyclic) bond motifs is 1. The molecule has 2 heterocycles. The fourth-order valence-electron chi connectivity index (χ4n) is 2.75. The van der Waals surface area contributed by atoms with Gasteiger partial charge in [-0.05, 0) is 24.6 Å². The molecule has 2 aromatic carbocycles. The van der Waals surface area contributed by atoms with Gasteiger partial charge in [0.2, 0.25) is 5.95 Å². The van der Waals surface area contributed by atoms with Crippen molar-refractivity contribution in [2.75, 3.05) is 5.32 Å². The van der Waals surface area contributed by atoms with Gasteiger partial charge in [0.25, 0.3) is 5.56 Å². The summed E-state index contributed by atoms with van der Waals surface area (Å²) in [7, 11) is 0. The van der Waals surface area contributed by atoms with Crippen LogP contribution in [0.2, 0.25) is 0 Å². The minimum atomic E-state index is -0.167. The predicted molar refractivity (Wildman–Crippen MR) is 99.7 cm³/mol. The van der Waals surface area contributed by atoms with Crippen LogP contribution in [0.4, 0.5) is 5.95 Å². The molecule has 2 aromatic heterocycles. The van der Waals surface area contributed by atoms with Crippen molar-refractivity contribution in [2.45, 2.75) is 13.5 Å². The van der Waals surface area contributed by atoms with E-state index in [0.717, 1.165) is 16.8 Å². The van der Waals surface area contributed by atoms with Crippen molar-refractivity contribution in [2.24, 2.45) is 0 Å². The third-order valence-electron chi connectivity index (χ3n) is 4.06. The third kappa shape index (κ3) is 3.14. The zero-order valence-electron chi connectivity index (χ0n) is 14.1. The molecule has 0 spiro atoms. The smallest absolute Gasteiger partial charge is 0.258 e. The number of aromatic nitrogens is 5. The molecule has 0 unspecified atom stereocenters. The molecule has 0 atom stereocenters. The highest BCUT2D eigenvalue weighted by molar-refractivity contribution is 5.77. The number of H-pyrrole nitrogens is 1. The Morgan fingerprint density at radius 1 is 1.04 bits per heavy atom. The highest BCUT2D eigenvalue weighted by Gasteiger charge is 2.07. The van der Waals surface area contributed by atoms with E-state index in [1.54, 1.807) is 12.3 Å². The molecule has 0 fully saturated rings. The van der Waals surface area contributed by atoms with Crippen LogP contribution in [0.15, 0.2) is 59.5 Å².